The second kappa shape index (κ2) is 8.70. The lowest BCUT2D eigenvalue weighted by atomic mass is 10.1. The minimum absolute atomic E-state index is 0.0822. The molecule has 0 N–H and O–H groups in total. The molecule has 1 fully saturated rings. The Labute approximate surface area is 174 Å². The van der Waals surface area contributed by atoms with Crippen LogP contribution in [0, 0.1) is 0 Å². The van der Waals surface area contributed by atoms with E-state index in [1.807, 2.05) is 35.2 Å². The normalized spacial score (nSPS) is 14.2. The van der Waals surface area contributed by atoms with Crippen molar-refractivity contribution >= 4 is 17.5 Å². The highest BCUT2D eigenvalue weighted by atomic mass is 35.5. The van der Waals surface area contributed by atoms with Crippen molar-refractivity contribution < 1.29 is 9.21 Å². The van der Waals surface area contributed by atoms with Gasteiger partial charge in [0.15, 0.2) is 0 Å². The molecule has 0 saturated heterocycles. The van der Waals surface area contributed by atoms with Crippen molar-refractivity contribution in [1.29, 1.82) is 0 Å². The fourth-order valence-corrected chi connectivity index (χ4v) is 4.11. The Hall–Kier alpha value is -2.79. The molecule has 1 aliphatic carbocycles. The maximum absolute atomic E-state index is 13.4. The molecule has 2 heterocycles. The molecule has 4 rings (SSSR count). The number of carbonyl (C=O) groups is 1. The van der Waals surface area contributed by atoms with Crippen molar-refractivity contribution in [3.63, 3.8) is 0 Å². The van der Waals surface area contributed by atoms with Crippen molar-refractivity contribution in [2.75, 3.05) is 0 Å². The summed E-state index contributed by atoms with van der Waals surface area (Å²) in [5.74, 6) is 0.677. The van der Waals surface area contributed by atoms with E-state index in [1.165, 1.54) is 10.6 Å². The molecule has 3 aromatic rings. The van der Waals surface area contributed by atoms with Crippen LogP contribution in [0.2, 0.25) is 5.02 Å². The van der Waals surface area contributed by atoms with E-state index in [0.29, 0.717) is 23.7 Å². The number of carbonyl (C=O) groups excluding carboxylic acids is 1. The van der Waals surface area contributed by atoms with Crippen LogP contribution in [0.3, 0.4) is 0 Å². The van der Waals surface area contributed by atoms with E-state index in [1.54, 1.807) is 24.6 Å². The molecular formula is C23H23ClN2O3. The van der Waals surface area contributed by atoms with E-state index in [-0.39, 0.29) is 17.5 Å². The van der Waals surface area contributed by atoms with Crippen molar-refractivity contribution in [1.82, 2.24) is 9.47 Å². The molecule has 1 saturated carbocycles. The first kappa shape index (κ1) is 19.5. The molecule has 150 valence electrons. The summed E-state index contributed by atoms with van der Waals surface area (Å²) in [6.07, 6.45) is 7.49. The lowest BCUT2D eigenvalue weighted by molar-refractivity contribution is 0.0648. The Morgan fingerprint density at radius 1 is 1.10 bits per heavy atom. The number of halogens is 1. The Morgan fingerprint density at radius 2 is 1.90 bits per heavy atom. The molecule has 1 amide bonds. The average molecular weight is 411 g/mol. The van der Waals surface area contributed by atoms with Gasteiger partial charge in [-0.3, -0.25) is 9.59 Å². The van der Waals surface area contributed by atoms with Gasteiger partial charge in [-0.1, -0.05) is 42.6 Å². The maximum atomic E-state index is 13.4. The summed E-state index contributed by atoms with van der Waals surface area (Å²) < 4.78 is 7.02. The molecule has 1 aliphatic rings. The van der Waals surface area contributed by atoms with Crippen molar-refractivity contribution in [2.24, 2.45) is 0 Å². The first-order valence-electron chi connectivity index (χ1n) is 9.89. The molecule has 0 radical (unpaired) electrons. The number of hydrogen-bond donors (Lipinski definition) is 0. The summed E-state index contributed by atoms with van der Waals surface area (Å²) in [4.78, 5) is 27.6. The van der Waals surface area contributed by atoms with E-state index < -0.39 is 0 Å². The second-order valence-electron chi connectivity index (χ2n) is 7.43. The van der Waals surface area contributed by atoms with Crippen LogP contribution in [0.15, 0.2) is 70.2 Å². The fraction of sp³-hybridized carbons (Fsp3) is 0.304. The summed E-state index contributed by atoms with van der Waals surface area (Å²) >= 11 is 6.24. The van der Waals surface area contributed by atoms with Crippen LogP contribution in [0.1, 0.15) is 47.4 Å². The third-order valence-corrected chi connectivity index (χ3v) is 5.83. The quantitative estimate of drug-likeness (QED) is 0.590. The van der Waals surface area contributed by atoms with Crippen LogP contribution in [-0.4, -0.2) is 21.4 Å². The second-order valence-corrected chi connectivity index (χ2v) is 7.83. The van der Waals surface area contributed by atoms with E-state index in [9.17, 15) is 9.59 Å². The highest BCUT2D eigenvalue weighted by Crippen LogP contribution is 2.26. The number of pyridine rings is 1. The molecule has 6 heteroatoms. The van der Waals surface area contributed by atoms with Gasteiger partial charge in [-0.05, 0) is 42.7 Å². The zero-order valence-electron chi connectivity index (χ0n) is 16.1. The Morgan fingerprint density at radius 3 is 2.62 bits per heavy atom. The summed E-state index contributed by atoms with van der Waals surface area (Å²) in [5, 5.41) is 0.599. The maximum Gasteiger partial charge on any atom is 0.256 e. The third kappa shape index (κ3) is 4.46. The van der Waals surface area contributed by atoms with Gasteiger partial charge in [0.2, 0.25) is 0 Å². The molecule has 2 aromatic heterocycles. The first-order chi connectivity index (χ1) is 14.1. The lowest BCUT2D eigenvalue weighted by Gasteiger charge is -2.28. The molecule has 1 aromatic carbocycles. The number of benzene rings is 1. The van der Waals surface area contributed by atoms with Crippen LogP contribution in [0.5, 0.6) is 0 Å². The summed E-state index contributed by atoms with van der Waals surface area (Å²) in [6.45, 7) is 0.751. The summed E-state index contributed by atoms with van der Waals surface area (Å²) in [7, 11) is 0. The van der Waals surface area contributed by atoms with Gasteiger partial charge in [0, 0.05) is 23.3 Å². The van der Waals surface area contributed by atoms with Gasteiger partial charge in [-0.2, -0.15) is 0 Å². The van der Waals surface area contributed by atoms with Gasteiger partial charge >= 0.3 is 0 Å². The summed E-state index contributed by atoms with van der Waals surface area (Å²) in [6, 6.07) is 14.4. The van der Waals surface area contributed by atoms with E-state index in [4.69, 9.17) is 16.0 Å². The Bertz CT molecular complexity index is 1040. The smallest absolute Gasteiger partial charge is 0.256 e. The lowest BCUT2D eigenvalue weighted by Crippen LogP contribution is -2.38. The summed E-state index contributed by atoms with van der Waals surface area (Å²) in [5.41, 5.74) is 1.17. The van der Waals surface area contributed by atoms with Gasteiger partial charge in [0.1, 0.15) is 5.76 Å². The van der Waals surface area contributed by atoms with Gasteiger partial charge in [0.05, 0.1) is 24.9 Å². The van der Waals surface area contributed by atoms with Crippen LogP contribution in [0.4, 0.5) is 0 Å². The van der Waals surface area contributed by atoms with Gasteiger partial charge in [0.25, 0.3) is 11.5 Å². The molecule has 0 unspecified atom stereocenters. The van der Waals surface area contributed by atoms with Gasteiger partial charge in [-0.25, -0.2) is 0 Å². The van der Waals surface area contributed by atoms with E-state index in [0.717, 1.165) is 37.0 Å². The van der Waals surface area contributed by atoms with E-state index in [2.05, 4.69) is 0 Å². The molecule has 0 aliphatic heterocycles. The van der Waals surface area contributed by atoms with Crippen molar-refractivity contribution in [2.45, 2.75) is 44.8 Å². The van der Waals surface area contributed by atoms with Crippen molar-refractivity contribution in [3.8, 4) is 0 Å². The number of amides is 1. The number of furan rings is 1. The number of rotatable bonds is 6. The monoisotopic (exact) mass is 410 g/mol. The fourth-order valence-electron chi connectivity index (χ4n) is 3.91. The molecular weight excluding hydrogens is 388 g/mol. The molecule has 0 bridgehead atoms. The Kier molecular flexibility index (Phi) is 5.86. The van der Waals surface area contributed by atoms with E-state index >= 15 is 0 Å². The molecule has 0 spiro atoms. The highest BCUT2D eigenvalue weighted by Gasteiger charge is 2.28. The SMILES string of the molecule is O=C(c1ccc(=O)n(Cc2ccccc2Cl)c1)N(Cc1ccco1)C1CCCC1. The van der Waals surface area contributed by atoms with Crippen LogP contribution in [-0.2, 0) is 13.1 Å². The van der Waals surface area contributed by atoms with Gasteiger partial charge in [-0.15, -0.1) is 0 Å². The highest BCUT2D eigenvalue weighted by molar-refractivity contribution is 6.31. The number of nitrogens with zero attached hydrogens (tertiary/aromatic N) is 2. The minimum Gasteiger partial charge on any atom is -0.467 e. The molecule has 29 heavy (non-hydrogen) atoms. The van der Waals surface area contributed by atoms with Crippen LogP contribution >= 0.6 is 11.6 Å². The zero-order valence-corrected chi connectivity index (χ0v) is 16.8. The standard InChI is InChI=1S/C23H23ClN2O3/c24-21-10-4-1-6-17(21)14-25-15-18(11-12-22(25)27)23(28)26(19-7-2-3-8-19)16-20-9-5-13-29-20/h1,4-6,9-13,15,19H,2-3,7-8,14,16H2. The average Bonchev–Trinajstić information content (AvgIpc) is 3.43. The Balaban J connectivity index is 1.62. The van der Waals surface area contributed by atoms with Gasteiger partial charge < -0.3 is 13.9 Å². The predicted molar refractivity (Wildman–Crippen MR) is 112 cm³/mol. The van der Waals surface area contributed by atoms with Crippen molar-refractivity contribution in [3.05, 3.63) is 93.3 Å². The molecule has 0 atom stereocenters. The molecule has 5 nitrogen and oxygen atoms in total. The topological polar surface area (TPSA) is 55.5 Å². The van der Waals surface area contributed by atoms with Crippen LogP contribution in [0.25, 0.3) is 0 Å². The van der Waals surface area contributed by atoms with Crippen LogP contribution < -0.4 is 5.56 Å². The largest absolute Gasteiger partial charge is 0.467 e. The minimum atomic E-state index is -0.167. The first-order valence-corrected chi connectivity index (χ1v) is 10.3. The predicted octanol–water partition coefficient (Wildman–Crippen LogP) is 4.73. The zero-order chi connectivity index (χ0) is 20.2. The number of aromatic nitrogens is 1. The number of hydrogen-bond acceptors (Lipinski definition) is 3. The third-order valence-electron chi connectivity index (χ3n) is 5.46.